The number of aromatic hydroxyl groups is 3. The van der Waals surface area contributed by atoms with Crippen LogP contribution in [0.3, 0.4) is 0 Å². The Hall–Kier alpha value is -5.04. The summed E-state index contributed by atoms with van der Waals surface area (Å²) in [6, 6.07) is 2.51. The molecule has 1 aromatic heterocycles. The third-order valence-electron chi connectivity index (χ3n) is 7.04. The summed E-state index contributed by atoms with van der Waals surface area (Å²) in [6.45, 7) is 0. The van der Waals surface area contributed by atoms with Crippen molar-refractivity contribution in [2.24, 2.45) is 0 Å². The number of methoxy groups -OCH3 is 1. The van der Waals surface area contributed by atoms with Crippen molar-refractivity contribution in [3.05, 3.63) is 62.3 Å². The highest BCUT2D eigenvalue weighted by atomic mass is 16.7. The summed E-state index contributed by atoms with van der Waals surface area (Å²) in [4.78, 5) is 50.0. The Morgan fingerprint density at radius 1 is 1.05 bits per heavy atom. The minimum absolute atomic E-state index is 0.0492. The van der Waals surface area contributed by atoms with Crippen LogP contribution in [0.5, 0.6) is 28.7 Å². The van der Waals surface area contributed by atoms with Crippen LogP contribution in [-0.2, 0) is 11.2 Å². The zero-order valence-electron chi connectivity index (χ0n) is 20.3. The summed E-state index contributed by atoms with van der Waals surface area (Å²) in [6.07, 6.45) is -0.939. The van der Waals surface area contributed by atoms with Gasteiger partial charge in [-0.3, -0.25) is 9.59 Å². The van der Waals surface area contributed by atoms with Crippen molar-refractivity contribution in [3.8, 4) is 28.7 Å². The van der Waals surface area contributed by atoms with Crippen LogP contribution in [0.25, 0.3) is 10.8 Å². The van der Waals surface area contributed by atoms with Gasteiger partial charge >= 0.3 is 11.6 Å². The number of esters is 1. The number of allylic oxidation sites excluding steroid dienone is 2. The van der Waals surface area contributed by atoms with Crippen LogP contribution in [-0.4, -0.2) is 57.9 Å². The molecule has 3 heterocycles. The minimum atomic E-state index is -1.81. The second kappa shape index (κ2) is 7.98. The third kappa shape index (κ3) is 3.23. The first-order valence-electron chi connectivity index (χ1n) is 11.6. The molecule has 2 unspecified atom stereocenters. The van der Waals surface area contributed by atoms with Crippen LogP contribution in [0.1, 0.15) is 54.9 Å². The van der Waals surface area contributed by atoms with Gasteiger partial charge in [-0.25, -0.2) is 9.59 Å². The summed E-state index contributed by atoms with van der Waals surface area (Å²) in [5.74, 6) is -7.27. The van der Waals surface area contributed by atoms with Gasteiger partial charge in [0.05, 0.1) is 42.9 Å². The Bertz CT molecular complexity index is 1770. The first-order valence-corrected chi connectivity index (χ1v) is 11.6. The number of ketones is 2. The molecule has 13 heteroatoms. The van der Waals surface area contributed by atoms with Gasteiger partial charge < -0.3 is 44.4 Å². The number of ether oxygens (including phenoxy) is 3. The second-order valence-corrected chi connectivity index (χ2v) is 9.27. The van der Waals surface area contributed by atoms with E-state index in [1.54, 1.807) is 0 Å². The fraction of sp³-hybridized carbons (Fsp3) is 0.231. The molecule has 13 nitrogen and oxygen atoms in total. The maximum absolute atomic E-state index is 12.9. The van der Waals surface area contributed by atoms with Gasteiger partial charge in [0.1, 0.15) is 11.1 Å². The van der Waals surface area contributed by atoms with E-state index in [2.05, 4.69) is 10.1 Å². The average Bonchev–Trinajstić information content (AvgIpc) is 3.27. The Morgan fingerprint density at radius 3 is 2.46 bits per heavy atom. The Balaban J connectivity index is 1.47. The molecular formula is C26H19NO12. The lowest BCUT2D eigenvalue weighted by molar-refractivity contribution is -0.139. The fourth-order valence-electron chi connectivity index (χ4n) is 5.27. The molecule has 0 saturated carbocycles. The molecule has 5 N–H and O–H groups in total. The molecule has 0 radical (unpaired) electrons. The molecule has 6 rings (SSSR count). The van der Waals surface area contributed by atoms with E-state index in [-0.39, 0.29) is 51.9 Å². The van der Waals surface area contributed by atoms with E-state index < -0.39 is 69.2 Å². The maximum atomic E-state index is 12.9. The van der Waals surface area contributed by atoms with Crippen LogP contribution in [0, 0.1) is 0 Å². The molecule has 3 aromatic rings. The second-order valence-electron chi connectivity index (χ2n) is 9.27. The molecule has 2 atom stereocenters. The van der Waals surface area contributed by atoms with E-state index in [0.29, 0.717) is 0 Å². The third-order valence-corrected chi connectivity index (χ3v) is 7.04. The highest BCUT2D eigenvalue weighted by molar-refractivity contribution is 6.27. The number of aliphatic hydroxyl groups is 1. The first-order chi connectivity index (χ1) is 18.5. The Morgan fingerprint density at radius 2 is 1.77 bits per heavy atom. The predicted molar refractivity (Wildman–Crippen MR) is 128 cm³/mol. The smallest absolute Gasteiger partial charge is 0.374 e. The van der Waals surface area contributed by atoms with Crippen molar-refractivity contribution in [1.82, 2.24) is 5.32 Å². The summed E-state index contributed by atoms with van der Waals surface area (Å²) in [5.41, 5.74) is -2.02. The number of rotatable bonds is 2. The van der Waals surface area contributed by atoms with Gasteiger partial charge in [0.2, 0.25) is 11.5 Å². The highest BCUT2D eigenvalue weighted by Crippen LogP contribution is 2.56. The van der Waals surface area contributed by atoms with Crippen LogP contribution in [0.15, 0.2) is 33.1 Å². The largest absolute Gasteiger partial charge is 0.507 e. The number of fused-ring (bicyclic) bond motifs is 4. The number of hydrogen-bond donors (Lipinski definition) is 5. The molecule has 1 aliphatic carbocycles. The van der Waals surface area contributed by atoms with Crippen molar-refractivity contribution >= 4 is 28.3 Å². The van der Waals surface area contributed by atoms with Crippen molar-refractivity contribution in [2.75, 3.05) is 14.2 Å². The van der Waals surface area contributed by atoms with Gasteiger partial charge in [0, 0.05) is 24.3 Å². The minimum Gasteiger partial charge on any atom is -0.507 e. The van der Waals surface area contributed by atoms with E-state index in [1.807, 2.05) is 0 Å². The fourth-order valence-corrected chi connectivity index (χ4v) is 5.27. The molecule has 0 saturated heterocycles. The summed E-state index contributed by atoms with van der Waals surface area (Å²) in [7, 11) is 2.51. The number of aliphatic hydroxyl groups excluding tert-OH is 1. The quantitative estimate of drug-likeness (QED) is 0.232. The summed E-state index contributed by atoms with van der Waals surface area (Å²) < 4.78 is 21.4. The normalized spacial score (nSPS) is 21.0. The molecule has 3 aliphatic rings. The van der Waals surface area contributed by atoms with Gasteiger partial charge in [-0.15, -0.1) is 0 Å². The van der Waals surface area contributed by atoms with E-state index in [4.69, 9.17) is 13.9 Å². The molecule has 0 fully saturated rings. The van der Waals surface area contributed by atoms with E-state index in [9.17, 15) is 39.6 Å². The SMILES string of the molecule is CNC1=CC(=O)c2c(O)c3c(c(O)c2C1=O)OC1(C3)CC(O)c2cc3cc(C(=O)OC)oc(=O)c3c(O)c2O1. The topological polar surface area (TPSA) is 202 Å². The maximum Gasteiger partial charge on any atom is 0.374 e. The predicted octanol–water partition coefficient (Wildman–Crippen LogP) is 1.33. The van der Waals surface area contributed by atoms with Crippen molar-refractivity contribution in [2.45, 2.75) is 24.7 Å². The van der Waals surface area contributed by atoms with Gasteiger partial charge in [-0.05, 0) is 17.5 Å². The van der Waals surface area contributed by atoms with Crippen LogP contribution in [0.2, 0.25) is 0 Å². The molecule has 1 spiro atoms. The molecule has 2 aromatic carbocycles. The number of phenols is 3. The van der Waals surface area contributed by atoms with E-state index in [1.165, 1.54) is 19.2 Å². The Kier molecular flexibility index (Phi) is 4.97. The first kappa shape index (κ1) is 24.3. The molecular weight excluding hydrogens is 518 g/mol. The number of nitrogens with one attached hydrogen (secondary N) is 1. The standard InChI is InChI=1S/C26H19NO12/c1-27-11-5-12(28)16-17(19(11)31)21(33)23-10(18(16)30)6-26(39-23)7-13(29)9-3-8-4-14(24(34)36-2)37-25(35)15(8)20(32)22(9)38-26/h3-5,13,27,29-30,32-33H,6-7H2,1-2H3. The highest BCUT2D eigenvalue weighted by Gasteiger charge is 2.52. The summed E-state index contributed by atoms with van der Waals surface area (Å²) in [5, 5.41) is 46.2. The lowest BCUT2D eigenvalue weighted by Crippen LogP contribution is -2.45. The zero-order valence-corrected chi connectivity index (χ0v) is 20.3. The average molecular weight is 537 g/mol. The van der Waals surface area contributed by atoms with Crippen LogP contribution < -0.4 is 20.4 Å². The number of benzene rings is 2. The number of likely N-dealkylation sites (N-methyl/N-ethyl adjacent to an activating group) is 1. The van der Waals surface area contributed by atoms with Crippen LogP contribution >= 0.6 is 0 Å². The number of phenolic OH excluding ortho intramolecular Hbond substituents is 3. The zero-order chi connectivity index (χ0) is 28.0. The van der Waals surface area contributed by atoms with Gasteiger partial charge in [-0.1, -0.05) is 0 Å². The van der Waals surface area contributed by atoms with E-state index >= 15 is 0 Å². The monoisotopic (exact) mass is 537 g/mol. The lowest BCUT2D eigenvalue weighted by Gasteiger charge is -2.37. The van der Waals surface area contributed by atoms with Gasteiger partial charge in [0.15, 0.2) is 28.8 Å². The van der Waals surface area contributed by atoms with Crippen LogP contribution in [0.4, 0.5) is 0 Å². The number of Topliss-reactive ketones (excluding diaryl/α,β-unsaturated/α-hetero) is 1. The summed E-state index contributed by atoms with van der Waals surface area (Å²) >= 11 is 0. The Labute approximate surface area is 217 Å². The number of hydrogen-bond acceptors (Lipinski definition) is 13. The number of carbonyl (C=O) groups is 3. The van der Waals surface area contributed by atoms with Crippen molar-refractivity contribution < 1.29 is 53.4 Å². The molecule has 0 amide bonds. The lowest BCUT2D eigenvalue weighted by atomic mass is 9.87. The number of carbonyl (C=O) groups excluding carboxylic acids is 3. The molecule has 0 bridgehead atoms. The van der Waals surface area contributed by atoms with Gasteiger partial charge in [0.25, 0.3) is 5.79 Å². The molecule has 39 heavy (non-hydrogen) atoms. The van der Waals surface area contributed by atoms with E-state index in [0.717, 1.165) is 13.2 Å². The molecule has 2 aliphatic heterocycles. The van der Waals surface area contributed by atoms with Crippen molar-refractivity contribution in [1.29, 1.82) is 0 Å². The molecule has 200 valence electrons. The van der Waals surface area contributed by atoms with Gasteiger partial charge in [-0.2, -0.15) is 0 Å². The van der Waals surface area contributed by atoms with Crippen molar-refractivity contribution in [3.63, 3.8) is 0 Å².